The third-order valence-corrected chi connectivity index (χ3v) is 3.37. The van der Waals surface area contributed by atoms with E-state index in [0.717, 1.165) is 0 Å². The minimum atomic E-state index is -0.925. The molecule has 114 valence electrons. The van der Waals surface area contributed by atoms with Crippen molar-refractivity contribution in [2.75, 3.05) is 33.3 Å². The highest BCUT2D eigenvalue weighted by atomic mass is 16.5. The van der Waals surface area contributed by atoms with Crippen molar-refractivity contribution in [3.63, 3.8) is 0 Å². The molecule has 0 aromatic heterocycles. The molecular weight excluding hydrogens is 264 g/mol. The van der Waals surface area contributed by atoms with Crippen molar-refractivity contribution >= 4 is 18.0 Å². The van der Waals surface area contributed by atoms with Gasteiger partial charge >= 0.3 is 18.0 Å². The van der Waals surface area contributed by atoms with Gasteiger partial charge in [-0.3, -0.25) is 9.59 Å². The number of urea groups is 1. The molecule has 0 saturated carbocycles. The number of hydrogen-bond donors (Lipinski definition) is 1. The van der Waals surface area contributed by atoms with E-state index in [-0.39, 0.29) is 30.9 Å². The van der Waals surface area contributed by atoms with Gasteiger partial charge < -0.3 is 19.6 Å². The number of amides is 2. The van der Waals surface area contributed by atoms with Crippen LogP contribution in [0, 0.1) is 5.92 Å². The van der Waals surface area contributed by atoms with E-state index in [1.165, 1.54) is 4.90 Å². The predicted octanol–water partition coefficient (Wildman–Crippen LogP) is 0.788. The van der Waals surface area contributed by atoms with Crippen molar-refractivity contribution in [1.82, 2.24) is 9.80 Å². The quantitative estimate of drug-likeness (QED) is 0.755. The summed E-state index contributed by atoms with van der Waals surface area (Å²) in [7, 11) is 1.59. The van der Waals surface area contributed by atoms with Gasteiger partial charge in [0.25, 0.3) is 0 Å². The normalized spacial score (nSPS) is 15.8. The topological polar surface area (TPSA) is 87.2 Å². The molecule has 0 radical (unpaired) electrons. The van der Waals surface area contributed by atoms with Crippen molar-refractivity contribution in [3.8, 4) is 0 Å². The molecule has 1 rings (SSSR count). The van der Waals surface area contributed by atoms with Crippen LogP contribution in [0.1, 0.15) is 26.2 Å². The van der Waals surface area contributed by atoms with Crippen LogP contribution in [0.2, 0.25) is 0 Å². The Bertz CT molecular complexity index is 364. The number of likely N-dealkylation sites (tertiary alicyclic amines) is 1. The highest BCUT2D eigenvalue weighted by molar-refractivity contribution is 5.76. The Morgan fingerprint density at radius 1 is 1.30 bits per heavy atom. The Hall–Kier alpha value is -1.79. The first-order valence-electron chi connectivity index (χ1n) is 6.84. The lowest BCUT2D eigenvalue weighted by atomic mass is 9.97. The predicted molar refractivity (Wildman–Crippen MR) is 71.2 cm³/mol. The van der Waals surface area contributed by atoms with Gasteiger partial charge in [0.1, 0.15) is 0 Å². The molecule has 2 amide bonds. The van der Waals surface area contributed by atoms with Gasteiger partial charge in [-0.05, 0) is 19.8 Å². The first-order chi connectivity index (χ1) is 9.45. The monoisotopic (exact) mass is 286 g/mol. The van der Waals surface area contributed by atoms with E-state index in [9.17, 15) is 14.4 Å². The fraction of sp³-hybridized carbons (Fsp3) is 0.769. The first kappa shape index (κ1) is 16.3. The van der Waals surface area contributed by atoms with Crippen molar-refractivity contribution in [1.29, 1.82) is 0 Å². The largest absolute Gasteiger partial charge is 0.481 e. The average Bonchev–Trinajstić information content (AvgIpc) is 2.44. The zero-order valence-electron chi connectivity index (χ0n) is 12.0. The molecule has 7 heteroatoms. The number of nitrogens with zero attached hydrogens (tertiary/aromatic N) is 2. The van der Waals surface area contributed by atoms with Gasteiger partial charge in [-0.15, -0.1) is 0 Å². The Balaban J connectivity index is 2.38. The fourth-order valence-electron chi connectivity index (χ4n) is 2.17. The zero-order valence-corrected chi connectivity index (χ0v) is 12.0. The molecule has 0 aliphatic carbocycles. The van der Waals surface area contributed by atoms with Gasteiger partial charge in [0.15, 0.2) is 0 Å². The van der Waals surface area contributed by atoms with Gasteiger partial charge in [-0.2, -0.15) is 0 Å². The number of carbonyl (C=O) groups excluding carboxylic acids is 2. The SMILES string of the molecule is CCOC(=O)C1CCN(C(=O)N(C)CCC(=O)O)CC1. The maximum atomic E-state index is 12.1. The van der Waals surface area contributed by atoms with Crippen molar-refractivity contribution < 1.29 is 24.2 Å². The summed E-state index contributed by atoms with van der Waals surface area (Å²) in [5.74, 6) is -1.26. The summed E-state index contributed by atoms with van der Waals surface area (Å²) in [6, 6.07) is -0.187. The van der Waals surface area contributed by atoms with Gasteiger partial charge in [-0.1, -0.05) is 0 Å². The summed E-state index contributed by atoms with van der Waals surface area (Å²) in [6.07, 6.45) is 1.12. The molecule has 1 fully saturated rings. The standard InChI is InChI=1S/C13H22N2O5/c1-3-20-12(18)10-4-8-15(9-5-10)13(19)14(2)7-6-11(16)17/h10H,3-9H2,1-2H3,(H,16,17). The highest BCUT2D eigenvalue weighted by Gasteiger charge is 2.29. The minimum Gasteiger partial charge on any atom is -0.481 e. The van der Waals surface area contributed by atoms with E-state index in [0.29, 0.717) is 32.5 Å². The van der Waals surface area contributed by atoms with Crippen molar-refractivity contribution in [2.24, 2.45) is 5.92 Å². The maximum Gasteiger partial charge on any atom is 0.319 e. The van der Waals surface area contributed by atoms with E-state index in [4.69, 9.17) is 9.84 Å². The number of carboxylic acid groups (broad SMARTS) is 1. The molecule has 0 aromatic rings. The Morgan fingerprint density at radius 3 is 2.40 bits per heavy atom. The summed E-state index contributed by atoms with van der Waals surface area (Å²) >= 11 is 0. The number of ether oxygens (including phenoxy) is 1. The second-order valence-corrected chi connectivity index (χ2v) is 4.86. The van der Waals surface area contributed by atoms with Crippen LogP contribution in [-0.2, 0) is 14.3 Å². The second-order valence-electron chi connectivity index (χ2n) is 4.86. The average molecular weight is 286 g/mol. The smallest absolute Gasteiger partial charge is 0.319 e. The summed E-state index contributed by atoms with van der Waals surface area (Å²) < 4.78 is 4.97. The fourth-order valence-corrected chi connectivity index (χ4v) is 2.17. The highest BCUT2D eigenvalue weighted by Crippen LogP contribution is 2.19. The van der Waals surface area contributed by atoms with Gasteiger partial charge in [0, 0.05) is 26.7 Å². The number of esters is 1. The Morgan fingerprint density at radius 2 is 1.90 bits per heavy atom. The number of carboxylic acids is 1. The van der Waals surface area contributed by atoms with Crippen LogP contribution in [-0.4, -0.2) is 66.2 Å². The number of aliphatic carboxylic acids is 1. The molecule has 1 N–H and O–H groups in total. The number of hydrogen-bond acceptors (Lipinski definition) is 4. The lowest BCUT2D eigenvalue weighted by Gasteiger charge is -2.33. The maximum absolute atomic E-state index is 12.1. The number of carbonyl (C=O) groups is 3. The van der Waals surface area contributed by atoms with Crippen LogP contribution in [0.15, 0.2) is 0 Å². The van der Waals surface area contributed by atoms with E-state index in [1.807, 2.05) is 0 Å². The van der Waals surface area contributed by atoms with Gasteiger partial charge in [0.2, 0.25) is 0 Å². The number of piperidine rings is 1. The second kappa shape index (κ2) is 7.72. The van der Waals surface area contributed by atoms with Crippen LogP contribution < -0.4 is 0 Å². The van der Waals surface area contributed by atoms with Crippen molar-refractivity contribution in [2.45, 2.75) is 26.2 Å². The lowest BCUT2D eigenvalue weighted by Crippen LogP contribution is -2.46. The molecular formula is C13H22N2O5. The molecule has 0 spiro atoms. The summed E-state index contributed by atoms with van der Waals surface area (Å²) in [4.78, 5) is 37.2. The van der Waals surface area contributed by atoms with Crippen LogP contribution in [0.4, 0.5) is 4.79 Å². The molecule has 0 atom stereocenters. The van der Waals surface area contributed by atoms with E-state index < -0.39 is 5.97 Å². The molecule has 1 aliphatic rings. The Labute approximate surface area is 118 Å². The summed E-state index contributed by atoms with van der Waals surface area (Å²) in [5.41, 5.74) is 0. The third-order valence-electron chi connectivity index (χ3n) is 3.37. The molecule has 1 heterocycles. The Kier molecular flexibility index (Phi) is 6.27. The molecule has 7 nitrogen and oxygen atoms in total. The van der Waals surface area contributed by atoms with Crippen LogP contribution in [0.25, 0.3) is 0 Å². The van der Waals surface area contributed by atoms with E-state index in [2.05, 4.69) is 0 Å². The minimum absolute atomic E-state index is 0.0679. The van der Waals surface area contributed by atoms with Crippen LogP contribution in [0.5, 0.6) is 0 Å². The van der Waals surface area contributed by atoms with Gasteiger partial charge in [-0.25, -0.2) is 4.79 Å². The molecule has 1 saturated heterocycles. The number of rotatable bonds is 5. The molecule has 0 unspecified atom stereocenters. The zero-order chi connectivity index (χ0) is 15.1. The molecule has 1 aliphatic heterocycles. The molecule has 0 aromatic carbocycles. The van der Waals surface area contributed by atoms with Crippen molar-refractivity contribution in [3.05, 3.63) is 0 Å². The summed E-state index contributed by atoms with van der Waals surface area (Å²) in [5, 5.41) is 8.60. The summed E-state index contributed by atoms with van der Waals surface area (Å²) in [6.45, 7) is 3.33. The third kappa shape index (κ3) is 4.71. The van der Waals surface area contributed by atoms with Crippen LogP contribution in [0.3, 0.4) is 0 Å². The lowest BCUT2D eigenvalue weighted by molar-refractivity contribution is -0.149. The molecule has 0 bridgehead atoms. The van der Waals surface area contributed by atoms with Gasteiger partial charge in [0.05, 0.1) is 18.9 Å². The molecule has 20 heavy (non-hydrogen) atoms. The van der Waals surface area contributed by atoms with Crippen LogP contribution >= 0.6 is 0 Å². The van der Waals surface area contributed by atoms with E-state index >= 15 is 0 Å². The van der Waals surface area contributed by atoms with E-state index in [1.54, 1.807) is 18.9 Å². The first-order valence-corrected chi connectivity index (χ1v) is 6.84.